The molecular formula is C13H9F3N2O3. The van der Waals surface area contributed by atoms with E-state index in [1.165, 1.54) is 25.3 Å². The average Bonchev–Trinajstić information content (AvgIpc) is 2.45. The van der Waals surface area contributed by atoms with Crippen LogP contribution in [0.3, 0.4) is 0 Å². The maximum absolute atomic E-state index is 12.5. The van der Waals surface area contributed by atoms with Gasteiger partial charge in [-0.25, -0.2) is 4.79 Å². The zero-order chi connectivity index (χ0) is 15.6. The van der Waals surface area contributed by atoms with Crippen LogP contribution < -0.4 is 4.74 Å². The summed E-state index contributed by atoms with van der Waals surface area (Å²) in [5.41, 5.74) is -0.559. The molecule has 0 unspecified atom stereocenters. The Balaban J connectivity index is 2.43. The van der Waals surface area contributed by atoms with Gasteiger partial charge in [-0.3, -0.25) is 0 Å². The second kappa shape index (κ2) is 5.39. The van der Waals surface area contributed by atoms with Gasteiger partial charge in [-0.05, 0) is 18.2 Å². The minimum absolute atomic E-state index is 0.141. The first-order chi connectivity index (χ1) is 9.82. The number of halogens is 3. The van der Waals surface area contributed by atoms with Crippen molar-refractivity contribution in [3.05, 3.63) is 41.5 Å². The highest BCUT2D eigenvalue weighted by molar-refractivity contribution is 5.91. The third kappa shape index (κ3) is 3.10. The van der Waals surface area contributed by atoms with E-state index in [1.807, 2.05) is 0 Å². The maximum atomic E-state index is 12.5. The summed E-state index contributed by atoms with van der Waals surface area (Å²) in [7, 11) is 1.24. The molecule has 8 heteroatoms. The number of aromatic carboxylic acids is 1. The van der Waals surface area contributed by atoms with Crippen LogP contribution in [0.5, 0.6) is 5.88 Å². The maximum Gasteiger partial charge on any atom is 0.416 e. The SMILES string of the molecule is COc1nnc(-c2ccc(C(F)(F)F)cc2)cc1C(=O)O. The number of hydrogen-bond donors (Lipinski definition) is 1. The summed E-state index contributed by atoms with van der Waals surface area (Å²) < 4.78 is 42.2. The third-order valence-electron chi connectivity index (χ3n) is 2.69. The number of carbonyl (C=O) groups is 1. The van der Waals surface area contributed by atoms with Crippen molar-refractivity contribution >= 4 is 5.97 Å². The molecule has 21 heavy (non-hydrogen) atoms. The molecule has 1 aromatic carbocycles. The zero-order valence-corrected chi connectivity index (χ0v) is 10.7. The Hall–Kier alpha value is -2.64. The van der Waals surface area contributed by atoms with Gasteiger partial charge in [-0.2, -0.15) is 13.2 Å². The first-order valence-corrected chi connectivity index (χ1v) is 5.65. The molecule has 0 spiro atoms. The van der Waals surface area contributed by atoms with Crippen LogP contribution in [-0.4, -0.2) is 28.4 Å². The van der Waals surface area contributed by atoms with E-state index >= 15 is 0 Å². The Morgan fingerprint density at radius 3 is 2.29 bits per heavy atom. The summed E-state index contributed by atoms with van der Waals surface area (Å²) in [6.45, 7) is 0. The summed E-state index contributed by atoms with van der Waals surface area (Å²) in [5, 5.41) is 16.3. The van der Waals surface area contributed by atoms with E-state index in [4.69, 9.17) is 9.84 Å². The van der Waals surface area contributed by atoms with Crippen LogP contribution in [0.1, 0.15) is 15.9 Å². The zero-order valence-electron chi connectivity index (χ0n) is 10.7. The first-order valence-electron chi connectivity index (χ1n) is 5.65. The molecule has 0 saturated carbocycles. The third-order valence-corrected chi connectivity index (χ3v) is 2.69. The topological polar surface area (TPSA) is 72.3 Å². The molecular weight excluding hydrogens is 289 g/mol. The van der Waals surface area contributed by atoms with Crippen LogP contribution in [-0.2, 0) is 6.18 Å². The number of alkyl halides is 3. The van der Waals surface area contributed by atoms with Crippen molar-refractivity contribution in [1.82, 2.24) is 10.2 Å². The van der Waals surface area contributed by atoms with E-state index in [1.54, 1.807) is 0 Å². The van der Waals surface area contributed by atoms with Gasteiger partial charge in [0.1, 0.15) is 5.56 Å². The molecule has 110 valence electrons. The van der Waals surface area contributed by atoms with Gasteiger partial charge in [0, 0.05) is 5.56 Å². The Kier molecular flexibility index (Phi) is 3.79. The quantitative estimate of drug-likeness (QED) is 0.943. The van der Waals surface area contributed by atoms with Gasteiger partial charge in [0.15, 0.2) is 0 Å². The molecule has 1 aromatic heterocycles. The van der Waals surface area contributed by atoms with Crippen LogP contribution in [0.15, 0.2) is 30.3 Å². The van der Waals surface area contributed by atoms with Crippen molar-refractivity contribution in [2.45, 2.75) is 6.18 Å². The van der Waals surface area contributed by atoms with Crippen molar-refractivity contribution in [2.24, 2.45) is 0 Å². The minimum atomic E-state index is -4.43. The Bertz CT molecular complexity index is 669. The number of carboxylic acids is 1. The molecule has 2 rings (SSSR count). The lowest BCUT2D eigenvalue weighted by atomic mass is 10.1. The van der Waals surface area contributed by atoms with Gasteiger partial charge in [-0.1, -0.05) is 12.1 Å². The van der Waals surface area contributed by atoms with Crippen molar-refractivity contribution in [3.63, 3.8) is 0 Å². The van der Waals surface area contributed by atoms with Crippen LogP contribution in [0.2, 0.25) is 0 Å². The second-order valence-electron chi connectivity index (χ2n) is 4.03. The molecule has 2 aromatic rings. The Morgan fingerprint density at radius 2 is 1.81 bits per heavy atom. The van der Waals surface area contributed by atoms with Crippen LogP contribution in [0.4, 0.5) is 13.2 Å². The fourth-order valence-electron chi connectivity index (χ4n) is 1.66. The molecule has 0 aliphatic heterocycles. The molecule has 1 N–H and O–H groups in total. The monoisotopic (exact) mass is 298 g/mol. The van der Waals surface area contributed by atoms with E-state index in [0.29, 0.717) is 5.56 Å². The molecule has 0 saturated heterocycles. The van der Waals surface area contributed by atoms with E-state index in [0.717, 1.165) is 12.1 Å². The number of carboxylic acid groups (broad SMARTS) is 1. The summed E-state index contributed by atoms with van der Waals surface area (Å²) in [5.74, 6) is -1.44. The van der Waals surface area contributed by atoms with Crippen LogP contribution in [0, 0.1) is 0 Å². The number of aromatic nitrogens is 2. The normalized spacial score (nSPS) is 11.2. The first kappa shape index (κ1) is 14.8. The van der Waals surface area contributed by atoms with Gasteiger partial charge < -0.3 is 9.84 Å². The Morgan fingerprint density at radius 1 is 1.19 bits per heavy atom. The van der Waals surface area contributed by atoms with Gasteiger partial charge >= 0.3 is 12.1 Å². The molecule has 0 fully saturated rings. The van der Waals surface area contributed by atoms with E-state index in [-0.39, 0.29) is 17.1 Å². The molecule has 0 radical (unpaired) electrons. The van der Waals surface area contributed by atoms with Crippen molar-refractivity contribution in [2.75, 3.05) is 7.11 Å². The summed E-state index contributed by atoms with van der Waals surface area (Å²) in [4.78, 5) is 11.1. The number of rotatable bonds is 3. The number of ether oxygens (including phenoxy) is 1. The summed E-state index contributed by atoms with van der Waals surface area (Å²) in [6.07, 6.45) is -4.43. The highest BCUT2D eigenvalue weighted by Gasteiger charge is 2.30. The molecule has 0 amide bonds. The van der Waals surface area contributed by atoms with Gasteiger partial charge in [0.05, 0.1) is 18.4 Å². The molecule has 0 aliphatic carbocycles. The highest BCUT2D eigenvalue weighted by Crippen LogP contribution is 2.31. The summed E-state index contributed by atoms with van der Waals surface area (Å²) >= 11 is 0. The standard InChI is InChI=1S/C13H9F3N2O3/c1-21-11-9(12(19)20)6-10(17-18-11)7-2-4-8(5-3-7)13(14,15)16/h2-6H,1H3,(H,19,20). The number of methoxy groups -OCH3 is 1. The average molecular weight is 298 g/mol. The predicted octanol–water partition coefficient (Wildman–Crippen LogP) is 2.87. The van der Waals surface area contributed by atoms with Crippen LogP contribution >= 0.6 is 0 Å². The van der Waals surface area contributed by atoms with Gasteiger partial charge in [0.25, 0.3) is 0 Å². The molecule has 0 bridgehead atoms. The predicted molar refractivity (Wildman–Crippen MR) is 66.0 cm³/mol. The smallest absolute Gasteiger partial charge is 0.416 e. The second-order valence-corrected chi connectivity index (χ2v) is 4.03. The largest absolute Gasteiger partial charge is 0.479 e. The molecule has 5 nitrogen and oxygen atoms in total. The minimum Gasteiger partial charge on any atom is -0.479 e. The molecule has 0 atom stereocenters. The fourth-order valence-corrected chi connectivity index (χ4v) is 1.66. The van der Waals surface area contributed by atoms with Gasteiger partial charge in [0.2, 0.25) is 5.88 Å². The Labute approximate surface area is 117 Å². The molecule has 0 aliphatic rings. The fraction of sp³-hybridized carbons (Fsp3) is 0.154. The molecule has 1 heterocycles. The lowest BCUT2D eigenvalue weighted by Gasteiger charge is -2.08. The lowest BCUT2D eigenvalue weighted by Crippen LogP contribution is -2.06. The lowest BCUT2D eigenvalue weighted by molar-refractivity contribution is -0.137. The summed E-state index contributed by atoms with van der Waals surface area (Å²) in [6, 6.07) is 5.37. The van der Waals surface area contributed by atoms with Crippen molar-refractivity contribution in [1.29, 1.82) is 0 Å². The number of hydrogen-bond acceptors (Lipinski definition) is 4. The van der Waals surface area contributed by atoms with E-state index < -0.39 is 17.7 Å². The van der Waals surface area contributed by atoms with Crippen LogP contribution in [0.25, 0.3) is 11.3 Å². The number of nitrogens with zero attached hydrogens (tertiary/aromatic N) is 2. The van der Waals surface area contributed by atoms with Gasteiger partial charge in [-0.15, -0.1) is 10.2 Å². The van der Waals surface area contributed by atoms with E-state index in [2.05, 4.69) is 10.2 Å². The van der Waals surface area contributed by atoms with E-state index in [9.17, 15) is 18.0 Å². The van der Waals surface area contributed by atoms with Crippen molar-refractivity contribution in [3.8, 4) is 17.1 Å². The highest BCUT2D eigenvalue weighted by atomic mass is 19.4. The van der Waals surface area contributed by atoms with Crippen molar-refractivity contribution < 1.29 is 27.8 Å². The number of benzene rings is 1.